The molecule has 0 saturated heterocycles. The number of carbonyl (C=O) groups excluding carboxylic acids is 2. The molecule has 2 atom stereocenters. The lowest BCUT2D eigenvalue weighted by Gasteiger charge is -2.43. The van der Waals surface area contributed by atoms with E-state index in [1.54, 1.807) is 6.07 Å². The average molecular weight is 428 g/mol. The topological polar surface area (TPSA) is 84.2 Å². The van der Waals surface area contributed by atoms with Gasteiger partial charge in [0.15, 0.2) is 0 Å². The number of hydrogen-bond donors (Lipinski definition) is 3. The standard InChI is InChI=1S/C24H29N3O2.ClH/c1-15-20(24(29)26-19-9-3-2-4-10-19)11-6-12-21(15)27-23(28)18-13-16-7-5-8-17(14-18)22(16)25;/h2-4,6,9-12,16-18,22H,5,7-8,13-14,25H2,1H3,(H,26,29)(H,27,28);1H. The summed E-state index contributed by atoms with van der Waals surface area (Å²) in [5, 5.41) is 5.99. The highest BCUT2D eigenvalue weighted by molar-refractivity contribution is 6.07. The molecule has 2 amide bonds. The molecule has 2 bridgehead atoms. The van der Waals surface area contributed by atoms with Gasteiger partial charge in [-0.05, 0) is 74.3 Å². The van der Waals surface area contributed by atoms with Gasteiger partial charge in [-0.15, -0.1) is 12.4 Å². The van der Waals surface area contributed by atoms with Crippen molar-refractivity contribution in [2.45, 2.75) is 45.1 Å². The summed E-state index contributed by atoms with van der Waals surface area (Å²) in [5.41, 5.74) is 9.16. The van der Waals surface area contributed by atoms with Crippen LogP contribution in [0.3, 0.4) is 0 Å². The van der Waals surface area contributed by atoms with Crippen LogP contribution in [0.5, 0.6) is 0 Å². The number of carbonyl (C=O) groups is 2. The lowest BCUT2D eigenvalue weighted by Crippen LogP contribution is -2.48. The number of nitrogens with two attached hydrogens (primary N) is 1. The molecule has 2 aromatic rings. The molecular formula is C24H30ClN3O2. The lowest BCUT2D eigenvalue weighted by atomic mass is 9.65. The first-order valence-corrected chi connectivity index (χ1v) is 10.6. The van der Waals surface area contributed by atoms with Crippen LogP contribution >= 0.6 is 12.4 Å². The number of amides is 2. The summed E-state index contributed by atoms with van der Waals surface area (Å²) in [6, 6.07) is 15.1. The molecule has 2 aliphatic rings. The van der Waals surface area contributed by atoms with Gasteiger partial charge in [0.25, 0.3) is 5.91 Å². The van der Waals surface area contributed by atoms with Crippen molar-refractivity contribution in [2.24, 2.45) is 23.5 Å². The number of para-hydroxylation sites is 1. The molecule has 160 valence electrons. The van der Waals surface area contributed by atoms with Crippen molar-refractivity contribution in [3.05, 3.63) is 59.7 Å². The van der Waals surface area contributed by atoms with Crippen molar-refractivity contribution in [1.82, 2.24) is 0 Å². The molecule has 4 N–H and O–H groups in total. The first-order valence-electron chi connectivity index (χ1n) is 10.6. The Hall–Kier alpha value is -2.37. The van der Waals surface area contributed by atoms with Crippen LogP contribution in [0.15, 0.2) is 48.5 Å². The zero-order chi connectivity index (χ0) is 20.4. The van der Waals surface area contributed by atoms with Gasteiger partial charge in [0.1, 0.15) is 0 Å². The Bertz CT molecular complexity index is 889. The SMILES string of the molecule is Cc1c(NC(=O)C2CC3CCCC(C2)C3N)cccc1C(=O)Nc1ccccc1.Cl. The molecule has 2 unspecified atom stereocenters. The molecule has 2 fully saturated rings. The number of rotatable bonds is 4. The smallest absolute Gasteiger partial charge is 0.256 e. The molecule has 6 heteroatoms. The van der Waals surface area contributed by atoms with Crippen molar-refractivity contribution in [3.63, 3.8) is 0 Å². The summed E-state index contributed by atoms with van der Waals surface area (Å²) >= 11 is 0. The lowest BCUT2D eigenvalue weighted by molar-refractivity contribution is -0.122. The van der Waals surface area contributed by atoms with Crippen LogP contribution in [0.2, 0.25) is 0 Å². The Kier molecular flexibility index (Phi) is 7.16. The van der Waals surface area contributed by atoms with E-state index >= 15 is 0 Å². The van der Waals surface area contributed by atoms with E-state index in [1.165, 1.54) is 6.42 Å². The van der Waals surface area contributed by atoms with E-state index in [0.29, 0.717) is 23.1 Å². The Morgan fingerprint density at radius 3 is 2.27 bits per heavy atom. The van der Waals surface area contributed by atoms with Crippen LogP contribution in [0.4, 0.5) is 11.4 Å². The van der Waals surface area contributed by atoms with Crippen LogP contribution in [0.1, 0.15) is 48.0 Å². The fourth-order valence-corrected chi connectivity index (χ4v) is 4.97. The normalized spacial score (nSPS) is 25.0. The highest BCUT2D eigenvalue weighted by Crippen LogP contribution is 2.42. The number of fused-ring (bicyclic) bond motifs is 2. The Balaban J connectivity index is 0.00000256. The minimum atomic E-state index is -0.178. The molecule has 0 radical (unpaired) electrons. The summed E-state index contributed by atoms with van der Waals surface area (Å²) in [4.78, 5) is 25.7. The molecule has 30 heavy (non-hydrogen) atoms. The van der Waals surface area contributed by atoms with Gasteiger partial charge in [-0.3, -0.25) is 9.59 Å². The second-order valence-electron chi connectivity index (χ2n) is 8.48. The fraction of sp³-hybridized carbons (Fsp3) is 0.417. The van der Waals surface area contributed by atoms with Crippen LogP contribution in [-0.4, -0.2) is 17.9 Å². The van der Waals surface area contributed by atoms with E-state index < -0.39 is 0 Å². The van der Waals surface area contributed by atoms with Gasteiger partial charge in [-0.1, -0.05) is 30.7 Å². The third-order valence-electron chi connectivity index (χ3n) is 6.65. The highest BCUT2D eigenvalue weighted by atomic mass is 35.5. The van der Waals surface area contributed by atoms with Gasteiger partial charge in [0.05, 0.1) is 0 Å². The number of anilines is 2. The third kappa shape index (κ3) is 4.68. The first kappa shape index (κ1) is 22.3. The van der Waals surface area contributed by atoms with E-state index in [9.17, 15) is 9.59 Å². The maximum absolute atomic E-state index is 13.0. The van der Waals surface area contributed by atoms with Gasteiger partial charge in [0, 0.05) is 28.9 Å². The maximum atomic E-state index is 13.0. The Morgan fingerprint density at radius 2 is 1.60 bits per heavy atom. The van der Waals surface area contributed by atoms with E-state index in [4.69, 9.17) is 5.73 Å². The van der Waals surface area contributed by atoms with Crippen LogP contribution < -0.4 is 16.4 Å². The molecule has 0 aliphatic heterocycles. The average Bonchev–Trinajstić information content (AvgIpc) is 2.70. The minimum absolute atomic E-state index is 0. The third-order valence-corrected chi connectivity index (χ3v) is 6.65. The molecule has 0 spiro atoms. The van der Waals surface area contributed by atoms with Gasteiger partial charge in [-0.2, -0.15) is 0 Å². The van der Waals surface area contributed by atoms with Gasteiger partial charge in [-0.25, -0.2) is 0 Å². The molecule has 2 aromatic carbocycles. The number of hydrogen-bond acceptors (Lipinski definition) is 3. The van der Waals surface area contributed by atoms with E-state index in [0.717, 1.165) is 36.9 Å². The van der Waals surface area contributed by atoms with Crippen molar-refractivity contribution in [3.8, 4) is 0 Å². The highest BCUT2D eigenvalue weighted by Gasteiger charge is 2.40. The van der Waals surface area contributed by atoms with Gasteiger partial charge >= 0.3 is 0 Å². The largest absolute Gasteiger partial charge is 0.327 e. The van der Waals surface area contributed by atoms with Crippen molar-refractivity contribution < 1.29 is 9.59 Å². The zero-order valence-corrected chi connectivity index (χ0v) is 18.1. The Morgan fingerprint density at radius 1 is 0.933 bits per heavy atom. The molecule has 4 rings (SSSR count). The van der Waals surface area contributed by atoms with Crippen molar-refractivity contribution in [1.29, 1.82) is 0 Å². The molecule has 2 aliphatic carbocycles. The van der Waals surface area contributed by atoms with Crippen LogP contribution in [0.25, 0.3) is 0 Å². The quantitative estimate of drug-likeness (QED) is 0.657. The molecule has 0 aromatic heterocycles. The van der Waals surface area contributed by atoms with Crippen molar-refractivity contribution in [2.75, 3.05) is 10.6 Å². The monoisotopic (exact) mass is 427 g/mol. The maximum Gasteiger partial charge on any atom is 0.256 e. The number of nitrogens with one attached hydrogen (secondary N) is 2. The molecule has 2 saturated carbocycles. The minimum Gasteiger partial charge on any atom is -0.327 e. The summed E-state index contributed by atoms with van der Waals surface area (Å²) in [5.74, 6) is 0.802. The number of halogens is 1. The van der Waals surface area contributed by atoms with E-state index in [-0.39, 0.29) is 36.2 Å². The molecular weight excluding hydrogens is 398 g/mol. The fourth-order valence-electron chi connectivity index (χ4n) is 4.97. The van der Waals surface area contributed by atoms with Crippen LogP contribution in [0, 0.1) is 24.7 Å². The predicted octanol–water partition coefficient (Wildman–Crippen LogP) is 4.76. The second-order valence-corrected chi connectivity index (χ2v) is 8.48. The van der Waals surface area contributed by atoms with Gasteiger partial charge < -0.3 is 16.4 Å². The predicted molar refractivity (Wildman–Crippen MR) is 123 cm³/mol. The molecule has 5 nitrogen and oxygen atoms in total. The Labute approximate surface area is 184 Å². The molecule has 0 heterocycles. The van der Waals surface area contributed by atoms with Gasteiger partial charge in [0.2, 0.25) is 5.91 Å². The second kappa shape index (κ2) is 9.63. The van der Waals surface area contributed by atoms with E-state index in [2.05, 4.69) is 10.6 Å². The van der Waals surface area contributed by atoms with E-state index in [1.807, 2.05) is 49.4 Å². The number of benzene rings is 2. The summed E-state index contributed by atoms with van der Waals surface area (Å²) < 4.78 is 0. The summed E-state index contributed by atoms with van der Waals surface area (Å²) in [6.07, 6.45) is 5.24. The summed E-state index contributed by atoms with van der Waals surface area (Å²) in [6.45, 7) is 1.88. The van der Waals surface area contributed by atoms with Crippen molar-refractivity contribution >= 4 is 35.6 Å². The zero-order valence-electron chi connectivity index (χ0n) is 17.3. The van der Waals surface area contributed by atoms with Crippen LogP contribution in [-0.2, 0) is 4.79 Å². The first-order chi connectivity index (χ1) is 14.0. The summed E-state index contributed by atoms with van der Waals surface area (Å²) in [7, 11) is 0.